The first kappa shape index (κ1) is 17.1. The molecule has 0 fully saturated rings. The monoisotopic (exact) mass is 296 g/mol. The van der Waals surface area contributed by atoms with Crippen LogP contribution in [-0.4, -0.2) is 0 Å². The number of benzene rings is 2. The Bertz CT molecular complexity index is 643. The van der Waals surface area contributed by atoms with E-state index in [1.54, 1.807) is 5.56 Å². The molecule has 0 aromatic heterocycles. The molecule has 0 aliphatic carbocycles. The average Bonchev–Trinajstić information content (AvgIpc) is 2.50. The summed E-state index contributed by atoms with van der Waals surface area (Å²) < 4.78 is 0. The molecule has 0 saturated heterocycles. The van der Waals surface area contributed by atoms with Gasteiger partial charge in [0.25, 0.3) is 0 Å². The fourth-order valence-corrected chi connectivity index (χ4v) is 4.06. The molecular weight excluding hydrogens is 264 g/mol. The van der Waals surface area contributed by atoms with E-state index in [9.17, 15) is 0 Å². The van der Waals surface area contributed by atoms with Gasteiger partial charge < -0.3 is 0 Å². The van der Waals surface area contributed by atoms with Crippen LogP contribution in [0.15, 0.2) is 30.3 Å². The number of hydrogen-bond donors (Lipinski definition) is 0. The van der Waals surface area contributed by atoms with Gasteiger partial charge in [-0.3, -0.25) is 0 Å². The van der Waals surface area contributed by atoms with Crippen molar-refractivity contribution in [1.82, 2.24) is 0 Å². The van der Waals surface area contributed by atoms with Crippen LogP contribution in [0, 0.1) is 6.92 Å². The van der Waals surface area contributed by atoms with Gasteiger partial charge in [-0.2, -0.15) is 0 Å². The minimum Gasteiger partial charge on any atom is -0.0645 e. The number of aryl methyl sites for hydroxylation is 1. The van der Waals surface area contributed by atoms with Gasteiger partial charge in [0.15, 0.2) is 0 Å². The lowest BCUT2D eigenvalue weighted by Crippen LogP contribution is -2.25. The van der Waals surface area contributed by atoms with E-state index in [4.69, 9.17) is 0 Å². The van der Waals surface area contributed by atoms with Gasteiger partial charge in [-0.25, -0.2) is 0 Å². The van der Waals surface area contributed by atoms with Crippen molar-refractivity contribution in [3.63, 3.8) is 0 Å². The number of fused-ring (bicyclic) bond motifs is 1. The third-order valence-electron chi connectivity index (χ3n) is 5.72. The Morgan fingerprint density at radius 2 is 1.27 bits per heavy atom. The Morgan fingerprint density at radius 1 is 0.773 bits per heavy atom. The zero-order chi connectivity index (χ0) is 16.5. The van der Waals surface area contributed by atoms with E-state index in [0.29, 0.717) is 5.41 Å². The van der Waals surface area contributed by atoms with Gasteiger partial charge in [-0.1, -0.05) is 71.9 Å². The van der Waals surface area contributed by atoms with Crippen molar-refractivity contribution in [3.05, 3.63) is 47.0 Å². The highest BCUT2D eigenvalue weighted by Gasteiger charge is 2.30. The Balaban J connectivity index is 2.92. The normalized spacial score (nSPS) is 12.9. The molecule has 0 aliphatic heterocycles. The van der Waals surface area contributed by atoms with E-state index in [2.05, 4.69) is 78.8 Å². The number of hydrogen-bond acceptors (Lipinski definition) is 0. The van der Waals surface area contributed by atoms with Crippen molar-refractivity contribution in [3.8, 4) is 0 Å². The SMILES string of the molecule is CCC(CC)(CC)c1cc(C(C)(C)C)c(C)c2ccccc12. The minimum atomic E-state index is 0.184. The Morgan fingerprint density at radius 3 is 1.73 bits per heavy atom. The standard InChI is InChI=1S/C22H32/c1-8-22(9-2,10-3)20-15-19(21(5,6)7)16(4)17-13-11-12-14-18(17)20/h11-15H,8-10H2,1-7H3. The summed E-state index contributed by atoms with van der Waals surface area (Å²) in [6.07, 6.45) is 3.61. The molecule has 0 nitrogen and oxygen atoms in total. The highest BCUT2D eigenvalue weighted by Crippen LogP contribution is 2.42. The maximum Gasteiger partial charge on any atom is -0.00486 e. The summed E-state index contributed by atoms with van der Waals surface area (Å²) in [5, 5.41) is 2.89. The van der Waals surface area contributed by atoms with Crippen LogP contribution in [0.1, 0.15) is 77.5 Å². The van der Waals surface area contributed by atoms with Gasteiger partial charge in [-0.15, -0.1) is 0 Å². The van der Waals surface area contributed by atoms with Crippen LogP contribution in [0.4, 0.5) is 0 Å². The summed E-state index contributed by atoms with van der Waals surface area (Å²) in [6.45, 7) is 16.3. The third kappa shape index (κ3) is 2.69. The molecule has 0 saturated carbocycles. The second-order valence-corrected chi connectivity index (χ2v) is 7.73. The fourth-order valence-electron chi connectivity index (χ4n) is 4.06. The van der Waals surface area contributed by atoms with Crippen LogP contribution in [0.5, 0.6) is 0 Å². The van der Waals surface area contributed by atoms with Gasteiger partial charge in [0.2, 0.25) is 0 Å². The van der Waals surface area contributed by atoms with E-state index in [-0.39, 0.29) is 5.41 Å². The van der Waals surface area contributed by atoms with Gasteiger partial charge in [0.1, 0.15) is 0 Å². The van der Waals surface area contributed by atoms with E-state index in [1.807, 2.05) is 0 Å². The smallest absolute Gasteiger partial charge is 0.00486 e. The summed E-state index contributed by atoms with van der Waals surface area (Å²) in [6, 6.07) is 11.5. The molecule has 0 N–H and O–H groups in total. The van der Waals surface area contributed by atoms with Crippen molar-refractivity contribution in [1.29, 1.82) is 0 Å². The molecule has 0 unspecified atom stereocenters. The topological polar surface area (TPSA) is 0 Å². The van der Waals surface area contributed by atoms with E-state index >= 15 is 0 Å². The molecule has 2 rings (SSSR count). The van der Waals surface area contributed by atoms with Gasteiger partial charge in [0.05, 0.1) is 0 Å². The molecule has 22 heavy (non-hydrogen) atoms. The molecule has 120 valence electrons. The zero-order valence-corrected chi connectivity index (χ0v) is 15.5. The van der Waals surface area contributed by atoms with Crippen molar-refractivity contribution >= 4 is 10.8 Å². The molecule has 0 heterocycles. The van der Waals surface area contributed by atoms with Crippen molar-refractivity contribution in [2.24, 2.45) is 0 Å². The highest BCUT2D eigenvalue weighted by molar-refractivity contribution is 5.90. The van der Waals surface area contributed by atoms with Gasteiger partial charge in [-0.05, 0) is 64.5 Å². The lowest BCUT2D eigenvalue weighted by atomic mass is 9.69. The lowest BCUT2D eigenvalue weighted by Gasteiger charge is -2.35. The van der Waals surface area contributed by atoms with Crippen LogP contribution in [0.2, 0.25) is 0 Å². The van der Waals surface area contributed by atoms with Crippen molar-refractivity contribution < 1.29 is 0 Å². The Kier molecular flexibility index (Phi) is 4.70. The molecule has 0 amide bonds. The summed E-state index contributed by atoms with van der Waals surface area (Å²) in [7, 11) is 0. The van der Waals surface area contributed by atoms with E-state index < -0.39 is 0 Å². The Hall–Kier alpha value is -1.30. The highest BCUT2D eigenvalue weighted by atomic mass is 14.3. The second-order valence-electron chi connectivity index (χ2n) is 7.73. The van der Waals surface area contributed by atoms with Crippen molar-refractivity contribution in [2.75, 3.05) is 0 Å². The maximum atomic E-state index is 2.52. The predicted molar refractivity (Wildman–Crippen MR) is 99.9 cm³/mol. The quantitative estimate of drug-likeness (QED) is 0.574. The first-order valence-electron chi connectivity index (χ1n) is 8.84. The van der Waals surface area contributed by atoms with Crippen LogP contribution in [0.25, 0.3) is 10.8 Å². The maximum absolute atomic E-state index is 2.52. The Labute approximate surface area is 136 Å². The predicted octanol–water partition coefficient (Wildman–Crippen LogP) is 6.91. The van der Waals surface area contributed by atoms with Crippen LogP contribution in [-0.2, 0) is 10.8 Å². The van der Waals surface area contributed by atoms with Gasteiger partial charge >= 0.3 is 0 Å². The largest absolute Gasteiger partial charge is 0.0645 e. The van der Waals surface area contributed by atoms with Crippen LogP contribution >= 0.6 is 0 Å². The molecule has 0 radical (unpaired) electrons. The first-order valence-corrected chi connectivity index (χ1v) is 8.84. The molecule has 0 atom stereocenters. The molecule has 0 aliphatic rings. The fraction of sp³-hybridized carbons (Fsp3) is 0.545. The lowest BCUT2D eigenvalue weighted by molar-refractivity contribution is 0.384. The number of rotatable bonds is 4. The molecule has 0 heteroatoms. The summed E-state index contributed by atoms with van der Waals surface area (Å²) in [5.41, 5.74) is 4.99. The molecule has 0 bridgehead atoms. The molecule has 2 aromatic rings. The van der Waals surface area contributed by atoms with E-state index in [1.165, 1.54) is 41.2 Å². The average molecular weight is 296 g/mol. The van der Waals surface area contributed by atoms with Crippen LogP contribution < -0.4 is 0 Å². The van der Waals surface area contributed by atoms with Crippen LogP contribution in [0.3, 0.4) is 0 Å². The summed E-state index contributed by atoms with van der Waals surface area (Å²) in [4.78, 5) is 0. The summed E-state index contributed by atoms with van der Waals surface area (Å²) >= 11 is 0. The third-order valence-corrected chi connectivity index (χ3v) is 5.72. The molecule has 0 spiro atoms. The molecule has 2 aromatic carbocycles. The van der Waals surface area contributed by atoms with E-state index in [0.717, 1.165) is 0 Å². The zero-order valence-electron chi connectivity index (χ0n) is 15.5. The minimum absolute atomic E-state index is 0.184. The van der Waals surface area contributed by atoms with Crippen molar-refractivity contribution in [2.45, 2.75) is 78.6 Å². The second kappa shape index (κ2) is 6.07. The first-order chi connectivity index (χ1) is 10.3. The van der Waals surface area contributed by atoms with Gasteiger partial charge in [0, 0.05) is 0 Å². The summed E-state index contributed by atoms with van der Waals surface area (Å²) in [5.74, 6) is 0. The molecular formula is C22H32.